The minimum absolute atomic E-state index is 0.191. The van der Waals surface area contributed by atoms with Gasteiger partial charge in [0.05, 0.1) is 11.6 Å². The van der Waals surface area contributed by atoms with Crippen LogP contribution < -0.4 is 5.32 Å². The van der Waals surface area contributed by atoms with Crippen LogP contribution in [0.15, 0.2) is 18.3 Å². The lowest BCUT2D eigenvalue weighted by Crippen LogP contribution is -2.04. The van der Waals surface area contributed by atoms with E-state index in [9.17, 15) is 0 Å². The first-order valence-electron chi connectivity index (χ1n) is 4.41. The Labute approximate surface area is 91.6 Å². The van der Waals surface area contributed by atoms with Crippen molar-refractivity contribution < 1.29 is 0 Å². The van der Waals surface area contributed by atoms with Crippen LogP contribution in [-0.2, 0) is 0 Å². The average Bonchev–Trinajstić information content (AvgIpc) is 2.61. The second-order valence-corrected chi connectivity index (χ2v) is 3.62. The third kappa shape index (κ3) is 2.07. The van der Waals surface area contributed by atoms with E-state index in [-0.39, 0.29) is 5.28 Å². The standard InChI is InChI=1S/C9H10ClN5/c1-5(2)3-11-7-6-4-12-15-8(6)14-9(10)13-7/h4H,1,3H2,2H3,(H2,11,12,13,14,15). The maximum absolute atomic E-state index is 5.76. The number of hydrogen-bond acceptors (Lipinski definition) is 4. The molecule has 2 heterocycles. The molecule has 0 amide bonds. The molecule has 6 heteroatoms. The smallest absolute Gasteiger partial charge is 0.226 e. The zero-order chi connectivity index (χ0) is 10.8. The van der Waals surface area contributed by atoms with Gasteiger partial charge in [-0.05, 0) is 18.5 Å². The minimum Gasteiger partial charge on any atom is -0.366 e. The SMILES string of the molecule is C=C(C)CNc1nc(Cl)nc2[nH]ncc12. The third-order valence-corrected chi connectivity index (χ3v) is 2.01. The predicted octanol–water partition coefficient (Wildman–Crippen LogP) is 1.99. The van der Waals surface area contributed by atoms with Crippen LogP contribution in [0.3, 0.4) is 0 Å². The lowest BCUT2D eigenvalue weighted by atomic mass is 10.3. The molecule has 0 fully saturated rings. The molecule has 2 aromatic rings. The summed E-state index contributed by atoms with van der Waals surface area (Å²) in [4.78, 5) is 8.08. The Morgan fingerprint density at radius 2 is 2.40 bits per heavy atom. The first-order valence-corrected chi connectivity index (χ1v) is 4.79. The highest BCUT2D eigenvalue weighted by Gasteiger charge is 2.07. The largest absolute Gasteiger partial charge is 0.366 e. The van der Waals surface area contributed by atoms with Gasteiger partial charge in [-0.2, -0.15) is 15.1 Å². The first kappa shape index (κ1) is 9.92. The highest BCUT2D eigenvalue weighted by molar-refractivity contribution is 6.28. The number of halogens is 1. The van der Waals surface area contributed by atoms with Crippen molar-refractivity contribution >= 4 is 28.5 Å². The number of fused-ring (bicyclic) bond motifs is 1. The van der Waals surface area contributed by atoms with Gasteiger partial charge in [0.15, 0.2) is 5.65 Å². The van der Waals surface area contributed by atoms with Gasteiger partial charge in [0.1, 0.15) is 5.82 Å². The summed E-state index contributed by atoms with van der Waals surface area (Å²) in [6, 6.07) is 0. The monoisotopic (exact) mass is 223 g/mol. The van der Waals surface area contributed by atoms with Crippen LogP contribution in [0.1, 0.15) is 6.92 Å². The number of nitrogens with zero attached hydrogens (tertiary/aromatic N) is 3. The normalized spacial score (nSPS) is 10.5. The Kier molecular flexibility index (Phi) is 2.55. The first-order chi connectivity index (χ1) is 7.16. The van der Waals surface area contributed by atoms with Gasteiger partial charge in [-0.1, -0.05) is 12.2 Å². The molecule has 0 aliphatic rings. The molecule has 78 valence electrons. The van der Waals surface area contributed by atoms with Crippen molar-refractivity contribution in [2.24, 2.45) is 0 Å². The molecule has 0 atom stereocenters. The second kappa shape index (κ2) is 3.86. The molecule has 0 spiro atoms. The van der Waals surface area contributed by atoms with Gasteiger partial charge in [-0.3, -0.25) is 5.10 Å². The van der Waals surface area contributed by atoms with E-state index in [0.29, 0.717) is 18.0 Å². The molecular weight excluding hydrogens is 214 g/mol. The fraction of sp³-hybridized carbons (Fsp3) is 0.222. The molecular formula is C9H10ClN5. The van der Waals surface area contributed by atoms with E-state index in [2.05, 4.69) is 32.1 Å². The lowest BCUT2D eigenvalue weighted by molar-refractivity contribution is 1.09. The maximum atomic E-state index is 5.76. The van der Waals surface area contributed by atoms with E-state index in [4.69, 9.17) is 11.6 Å². The quantitative estimate of drug-likeness (QED) is 0.617. The van der Waals surface area contributed by atoms with E-state index in [1.54, 1.807) is 6.20 Å². The van der Waals surface area contributed by atoms with Gasteiger partial charge in [0.2, 0.25) is 5.28 Å². The summed E-state index contributed by atoms with van der Waals surface area (Å²) in [6.07, 6.45) is 1.66. The number of aromatic amines is 1. The Bertz CT molecular complexity index is 504. The van der Waals surface area contributed by atoms with E-state index in [0.717, 1.165) is 11.0 Å². The zero-order valence-electron chi connectivity index (χ0n) is 8.21. The summed E-state index contributed by atoms with van der Waals surface area (Å²) in [5, 5.41) is 10.8. The van der Waals surface area contributed by atoms with Crippen molar-refractivity contribution in [3.05, 3.63) is 23.6 Å². The average molecular weight is 224 g/mol. The molecule has 0 aliphatic heterocycles. The fourth-order valence-corrected chi connectivity index (χ4v) is 1.35. The summed E-state index contributed by atoms with van der Waals surface area (Å²) < 4.78 is 0. The van der Waals surface area contributed by atoms with E-state index >= 15 is 0 Å². The van der Waals surface area contributed by atoms with Gasteiger partial charge >= 0.3 is 0 Å². The van der Waals surface area contributed by atoms with E-state index < -0.39 is 0 Å². The molecule has 0 aromatic carbocycles. The summed E-state index contributed by atoms with van der Waals surface area (Å²) in [6.45, 7) is 6.38. The number of anilines is 1. The van der Waals surface area contributed by atoms with Crippen LogP contribution in [0.4, 0.5) is 5.82 Å². The number of H-pyrrole nitrogens is 1. The molecule has 2 rings (SSSR count). The Hall–Kier alpha value is -1.62. The molecule has 0 saturated heterocycles. The van der Waals surface area contributed by atoms with Crippen molar-refractivity contribution in [1.82, 2.24) is 20.2 Å². The zero-order valence-corrected chi connectivity index (χ0v) is 8.97. The van der Waals surface area contributed by atoms with Gasteiger partial charge in [-0.15, -0.1) is 0 Å². The van der Waals surface area contributed by atoms with Gasteiger partial charge < -0.3 is 5.32 Å². The third-order valence-electron chi connectivity index (χ3n) is 1.84. The molecule has 0 radical (unpaired) electrons. The van der Waals surface area contributed by atoms with Crippen molar-refractivity contribution in [3.8, 4) is 0 Å². The van der Waals surface area contributed by atoms with Crippen molar-refractivity contribution in [2.45, 2.75) is 6.92 Å². The molecule has 0 aliphatic carbocycles. The molecule has 5 nitrogen and oxygen atoms in total. The highest BCUT2D eigenvalue weighted by atomic mass is 35.5. The van der Waals surface area contributed by atoms with Gasteiger partial charge in [0, 0.05) is 6.54 Å². The number of aromatic nitrogens is 4. The van der Waals surface area contributed by atoms with Crippen LogP contribution in [0.25, 0.3) is 11.0 Å². The molecule has 15 heavy (non-hydrogen) atoms. The Morgan fingerprint density at radius 3 is 3.13 bits per heavy atom. The molecule has 0 bridgehead atoms. The van der Waals surface area contributed by atoms with Crippen molar-refractivity contribution in [3.63, 3.8) is 0 Å². The van der Waals surface area contributed by atoms with Crippen LogP contribution in [0.2, 0.25) is 5.28 Å². The predicted molar refractivity (Wildman–Crippen MR) is 60.0 cm³/mol. The Morgan fingerprint density at radius 1 is 1.60 bits per heavy atom. The summed E-state index contributed by atoms with van der Waals surface area (Å²) in [5.74, 6) is 0.668. The fourth-order valence-electron chi connectivity index (χ4n) is 1.18. The summed E-state index contributed by atoms with van der Waals surface area (Å²) >= 11 is 5.76. The lowest BCUT2D eigenvalue weighted by Gasteiger charge is -2.05. The van der Waals surface area contributed by atoms with Crippen LogP contribution in [0, 0.1) is 0 Å². The van der Waals surface area contributed by atoms with Crippen molar-refractivity contribution in [2.75, 3.05) is 11.9 Å². The van der Waals surface area contributed by atoms with Crippen LogP contribution in [0.5, 0.6) is 0 Å². The topological polar surface area (TPSA) is 66.5 Å². The minimum atomic E-state index is 0.191. The van der Waals surface area contributed by atoms with Crippen LogP contribution in [-0.4, -0.2) is 26.7 Å². The molecule has 2 N–H and O–H groups in total. The van der Waals surface area contributed by atoms with Crippen molar-refractivity contribution in [1.29, 1.82) is 0 Å². The molecule has 2 aromatic heterocycles. The molecule has 0 saturated carbocycles. The van der Waals surface area contributed by atoms with E-state index in [1.165, 1.54) is 0 Å². The summed E-state index contributed by atoms with van der Waals surface area (Å²) in [7, 11) is 0. The Balaban J connectivity index is 2.39. The second-order valence-electron chi connectivity index (χ2n) is 3.28. The van der Waals surface area contributed by atoms with Gasteiger partial charge in [0.25, 0.3) is 0 Å². The van der Waals surface area contributed by atoms with Crippen LogP contribution >= 0.6 is 11.6 Å². The number of rotatable bonds is 3. The summed E-state index contributed by atoms with van der Waals surface area (Å²) in [5.41, 5.74) is 1.64. The van der Waals surface area contributed by atoms with E-state index in [1.807, 2.05) is 6.92 Å². The number of hydrogen-bond donors (Lipinski definition) is 2. The maximum Gasteiger partial charge on any atom is 0.226 e. The van der Waals surface area contributed by atoms with Gasteiger partial charge in [-0.25, -0.2) is 0 Å². The number of nitrogens with one attached hydrogen (secondary N) is 2. The molecule has 0 unspecified atom stereocenters. The highest BCUT2D eigenvalue weighted by Crippen LogP contribution is 2.19.